The zero-order valence-corrected chi connectivity index (χ0v) is 17.7. The average Bonchev–Trinajstić information content (AvgIpc) is 3.12. The first kappa shape index (κ1) is 21.2. The third-order valence-electron chi connectivity index (χ3n) is 5.23. The number of thioether (sulfide) groups is 1. The van der Waals surface area contributed by atoms with Crippen molar-refractivity contribution in [1.29, 1.82) is 0 Å². The maximum Gasteiger partial charge on any atom is 0.516 e. The van der Waals surface area contributed by atoms with Gasteiger partial charge in [-0.2, -0.15) is 11.8 Å². The summed E-state index contributed by atoms with van der Waals surface area (Å²) in [5, 5.41) is 0. The third-order valence-corrected chi connectivity index (χ3v) is 6.36. The van der Waals surface area contributed by atoms with Gasteiger partial charge in [-0.05, 0) is 27.8 Å². The summed E-state index contributed by atoms with van der Waals surface area (Å²) in [5.41, 5.74) is 11.5. The van der Waals surface area contributed by atoms with Crippen molar-refractivity contribution in [2.75, 3.05) is 12.4 Å². The first-order chi connectivity index (χ1) is 15.1. The van der Waals surface area contributed by atoms with Crippen LogP contribution in [0.2, 0.25) is 0 Å². The van der Waals surface area contributed by atoms with Gasteiger partial charge in [-0.1, -0.05) is 78.9 Å². The zero-order chi connectivity index (χ0) is 21.6. The largest absolute Gasteiger partial charge is 0.516 e. The summed E-state index contributed by atoms with van der Waals surface area (Å²) >= 11 is 1.51. The fourth-order valence-electron chi connectivity index (χ4n) is 3.72. The number of rotatable bonds is 7. The van der Waals surface area contributed by atoms with Crippen molar-refractivity contribution in [2.24, 2.45) is 5.73 Å². The molecule has 0 aliphatic heterocycles. The van der Waals surface area contributed by atoms with Crippen LogP contribution in [-0.2, 0) is 20.0 Å². The van der Waals surface area contributed by atoms with Crippen LogP contribution in [0.15, 0.2) is 78.9 Å². The van der Waals surface area contributed by atoms with Crippen LogP contribution in [0.3, 0.4) is 0 Å². The molecule has 31 heavy (non-hydrogen) atoms. The predicted octanol–water partition coefficient (Wildman–Crippen LogP) is 4.74. The van der Waals surface area contributed by atoms with Gasteiger partial charge in [0.05, 0.1) is 0 Å². The minimum Gasteiger partial charge on any atom is -0.433 e. The van der Waals surface area contributed by atoms with Crippen LogP contribution in [0, 0.1) is 0 Å². The maximum atomic E-state index is 12.1. The van der Waals surface area contributed by atoms with E-state index in [0.29, 0.717) is 5.75 Å². The van der Waals surface area contributed by atoms with Crippen LogP contribution in [0.25, 0.3) is 11.1 Å². The highest BCUT2D eigenvalue weighted by atomic mass is 32.2. The second kappa shape index (κ2) is 9.81. The molecule has 1 aliphatic carbocycles. The van der Waals surface area contributed by atoms with Gasteiger partial charge in [0.2, 0.25) is 0 Å². The van der Waals surface area contributed by atoms with Crippen LogP contribution >= 0.6 is 11.8 Å². The average molecular weight is 434 g/mol. The van der Waals surface area contributed by atoms with Crippen LogP contribution in [0.4, 0.5) is 4.79 Å². The standard InChI is InChI=1S/C25H23NO4S/c26-23(16-31-15-17-8-2-1-3-9-17)24(27)30-25(28)29-14-22-20-12-6-4-10-18(20)19-11-5-7-13-21(19)22/h1-13,22-23H,14-16,26H2/t23-/m0/s1. The van der Waals surface area contributed by atoms with E-state index in [1.807, 2.05) is 66.7 Å². The molecule has 0 unspecified atom stereocenters. The lowest BCUT2D eigenvalue weighted by molar-refractivity contribution is -0.140. The Kier molecular flexibility index (Phi) is 6.70. The summed E-state index contributed by atoms with van der Waals surface area (Å²) in [5.74, 6) is 0.208. The van der Waals surface area contributed by atoms with Gasteiger partial charge in [-0.15, -0.1) is 0 Å². The highest BCUT2D eigenvalue weighted by Crippen LogP contribution is 2.44. The van der Waals surface area contributed by atoms with E-state index < -0.39 is 18.2 Å². The Morgan fingerprint density at radius 3 is 2.10 bits per heavy atom. The minimum atomic E-state index is -1.02. The lowest BCUT2D eigenvalue weighted by Gasteiger charge is -2.14. The smallest absolute Gasteiger partial charge is 0.433 e. The molecule has 3 aromatic rings. The van der Waals surface area contributed by atoms with Crippen LogP contribution in [-0.4, -0.2) is 30.5 Å². The molecule has 0 spiro atoms. The Morgan fingerprint density at radius 2 is 1.45 bits per heavy atom. The Bertz CT molecular complexity index is 1020. The van der Waals surface area contributed by atoms with Crippen molar-refractivity contribution in [3.8, 4) is 11.1 Å². The van der Waals surface area contributed by atoms with Gasteiger partial charge in [0.1, 0.15) is 12.6 Å². The highest BCUT2D eigenvalue weighted by molar-refractivity contribution is 7.98. The first-order valence-corrected chi connectivity index (χ1v) is 11.2. The molecule has 1 atom stereocenters. The van der Waals surface area contributed by atoms with E-state index >= 15 is 0 Å². The second-order valence-corrected chi connectivity index (χ2v) is 8.35. The molecule has 0 saturated heterocycles. The van der Waals surface area contributed by atoms with Crippen LogP contribution < -0.4 is 5.73 Å². The van der Waals surface area contributed by atoms with Gasteiger partial charge in [0, 0.05) is 17.4 Å². The molecule has 158 valence electrons. The molecule has 0 amide bonds. The normalized spacial score (nSPS) is 13.2. The summed E-state index contributed by atoms with van der Waals surface area (Å²) in [4.78, 5) is 24.2. The summed E-state index contributed by atoms with van der Waals surface area (Å²) in [6.45, 7) is 0.0954. The molecule has 0 saturated carbocycles. The molecule has 0 aromatic heterocycles. The van der Waals surface area contributed by atoms with E-state index in [1.165, 1.54) is 11.8 Å². The molecular weight excluding hydrogens is 410 g/mol. The summed E-state index contributed by atoms with van der Waals surface area (Å²) in [7, 11) is 0. The van der Waals surface area contributed by atoms with Crippen LogP contribution in [0.5, 0.6) is 0 Å². The Hall–Kier alpha value is -3.09. The number of hydrogen-bond acceptors (Lipinski definition) is 6. The summed E-state index contributed by atoms with van der Waals surface area (Å²) in [6.07, 6.45) is -1.02. The number of carbonyl (C=O) groups excluding carboxylic acids is 2. The fourth-order valence-corrected chi connectivity index (χ4v) is 4.66. The molecule has 4 rings (SSSR count). The number of hydrogen-bond donors (Lipinski definition) is 1. The SMILES string of the molecule is N[C@@H](CSCc1ccccc1)C(=O)OC(=O)OCC1c2ccccc2-c2ccccc21. The predicted molar refractivity (Wildman–Crippen MR) is 122 cm³/mol. The lowest BCUT2D eigenvalue weighted by Crippen LogP contribution is -2.36. The monoisotopic (exact) mass is 433 g/mol. The number of esters is 1. The van der Waals surface area contributed by atoms with Crippen molar-refractivity contribution < 1.29 is 19.1 Å². The van der Waals surface area contributed by atoms with Gasteiger partial charge in [-0.25, -0.2) is 9.59 Å². The molecule has 0 fully saturated rings. The lowest BCUT2D eigenvalue weighted by atomic mass is 9.98. The van der Waals surface area contributed by atoms with Crippen molar-refractivity contribution in [3.63, 3.8) is 0 Å². The molecule has 0 heterocycles. The molecule has 0 radical (unpaired) electrons. The Morgan fingerprint density at radius 1 is 0.871 bits per heavy atom. The van der Waals surface area contributed by atoms with Crippen molar-refractivity contribution >= 4 is 23.9 Å². The molecule has 1 aliphatic rings. The number of carbonyl (C=O) groups is 2. The van der Waals surface area contributed by atoms with Crippen molar-refractivity contribution in [1.82, 2.24) is 0 Å². The van der Waals surface area contributed by atoms with E-state index in [-0.39, 0.29) is 12.5 Å². The van der Waals surface area contributed by atoms with Crippen molar-refractivity contribution in [2.45, 2.75) is 17.7 Å². The number of ether oxygens (including phenoxy) is 2. The van der Waals surface area contributed by atoms with Gasteiger partial charge >= 0.3 is 12.1 Å². The minimum absolute atomic E-state index is 0.0925. The highest BCUT2D eigenvalue weighted by Gasteiger charge is 2.29. The number of benzene rings is 3. The molecule has 5 nitrogen and oxygen atoms in total. The van der Waals surface area contributed by atoms with Gasteiger partial charge in [0.15, 0.2) is 0 Å². The number of nitrogens with two attached hydrogens (primary N) is 1. The Balaban J connectivity index is 1.28. The fraction of sp³-hybridized carbons (Fsp3) is 0.200. The molecule has 3 aromatic carbocycles. The van der Waals surface area contributed by atoms with Crippen molar-refractivity contribution in [3.05, 3.63) is 95.6 Å². The first-order valence-electron chi connectivity index (χ1n) is 10.1. The third kappa shape index (κ3) is 4.98. The van der Waals surface area contributed by atoms with E-state index in [2.05, 4.69) is 12.1 Å². The zero-order valence-electron chi connectivity index (χ0n) is 16.9. The quantitative estimate of drug-likeness (QED) is 0.428. The summed E-state index contributed by atoms with van der Waals surface area (Å²) in [6, 6.07) is 25.1. The molecule has 2 N–H and O–H groups in total. The molecule has 0 bridgehead atoms. The van der Waals surface area contributed by atoms with Gasteiger partial charge in [-0.3, -0.25) is 0 Å². The number of fused-ring (bicyclic) bond motifs is 3. The Labute approximate surface area is 185 Å². The summed E-state index contributed by atoms with van der Waals surface area (Å²) < 4.78 is 10.1. The topological polar surface area (TPSA) is 78.6 Å². The van der Waals surface area contributed by atoms with E-state index in [4.69, 9.17) is 15.2 Å². The maximum absolute atomic E-state index is 12.1. The molecule has 6 heteroatoms. The van der Waals surface area contributed by atoms with E-state index in [1.54, 1.807) is 0 Å². The van der Waals surface area contributed by atoms with E-state index in [9.17, 15) is 9.59 Å². The second-order valence-electron chi connectivity index (χ2n) is 7.32. The van der Waals surface area contributed by atoms with Gasteiger partial charge < -0.3 is 15.2 Å². The van der Waals surface area contributed by atoms with E-state index in [0.717, 1.165) is 33.6 Å². The molecular formula is C25H23NO4S. The van der Waals surface area contributed by atoms with Gasteiger partial charge in [0.25, 0.3) is 0 Å². The van der Waals surface area contributed by atoms with Crippen LogP contribution in [0.1, 0.15) is 22.6 Å².